The molecule has 2 aromatic heterocycles. The van der Waals surface area contributed by atoms with Gasteiger partial charge in [0.2, 0.25) is 11.8 Å². The van der Waals surface area contributed by atoms with Crippen LogP contribution in [0.2, 0.25) is 10.1 Å². The van der Waals surface area contributed by atoms with Crippen molar-refractivity contribution in [3.05, 3.63) is 204 Å². The maximum Gasteiger partial charge on any atom is 0.261 e. The zero-order chi connectivity index (χ0) is 57.6. The van der Waals surface area contributed by atoms with Crippen molar-refractivity contribution in [3.8, 4) is 22.9 Å². The molecule has 2 heterocycles. The van der Waals surface area contributed by atoms with Gasteiger partial charge in [0.1, 0.15) is 17.2 Å². The Hall–Kier alpha value is -5.26. The van der Waals surface area contributed by atoms with Crippen molar-refractivity contribution in [3.63, 3.8) is 0 Å². The molecule has 8 nitrogen and oxygen atoms in total. The molecule has 81 heavy (non-hydrogen) atoms. The van der Waals surface area contributed by atoms with Crippen molar-refractivity contribution in [2.45, 2.75) is 154 Å². The van der Waals surface area contributed by atoms with Gasteiger partial charge in [-0.05, 0) is 133 Å². The van der Waals surface area contributed by atoms with Crippen LogP contribution in [0.15, 0.2) is 179 Å². The Kier molecular flexibility index (Phi) is 21.6. The molecule has 2 fully saturated rings. The Labute approximate surface area is 499 Å². The van der Waals surface area contributed by atoms with Crippen LogP contribution in [0.25, 0.3) is 22.9 Å². The van der Waals surface area contributed by atoms with E-state index in [1.165, 1.54) is 38.3 Å². The molecule has 4 atom stereocenters. The minimum Gasteiger partial charge on any atom is -0.441 e. The number of benzene rings is 6. The first kappa shape index (κ1) is 61.8. The summed E-state index contributed by atoms with van der Waals surface area (Å²) in [5.74, 6) is 4.07. The maximum atomic E-state index is 10.1. The molecule has 428 valence electrons. The van der Waals surface area contributed by atoms with Crippen molar-refractivity contribution >= 4 is 60.0 Å². The molecule has 4 unspecified atom stereocenters. The van der Waals surface area contributed by atoms with E-state index in [1.54, 1.807) is 0 Å². The first-order valence-corrected chi connectivity index (χ1v) is 34.7. The van der Waals surface area contributed by atoms with Gasteiger partial charge >= 0.3 is 0 Å². The van der Waals surface area contributed by atoms with Gasteiger partial charge in [0.05, 0.1) is 24.5 Å². The normalized spacial score (nSPS) is 17.8. The van der Waals surface area contributed by atoms with Crippen LogP contribution in [-0.2, 0) is 24.6 Å². The number of rotatable bonds is 16. The fourth-order valence-corrected chi connectivity index (χ4v) is 21.9. The van der Waals surface area contributed by atoms with E-state index in [-0.39, 0.29) is 22.3 Å². The predicted octanol–water partition coefficient (Wildman–Crippen LogP) is 15.6. The van der Waals surface area contributed by atoms with Crippen LogP contribution in [0.3, 0.4) is 0 Å². The third-order valence-electron chi connectivity index (χ3n) is 16.4. The molecule has 0 spiro atoms. The van der Waals surface area contributed by atoms with Gasteiger partial charge in [-0.1, -0.05) is 234 Å². The summed E-state index contributed by atoms with van der Waals surface area (Å²) in [6, 6.07) is 60.0. The molecule has 8 aromatic rings. The molecular formula is C70H87IN2O6Si2. The highest BCUT2D eigenvalue weighted by molar-refractivity contribution is 14.1. The van der Waals surface area contributed by atoms with E-state index in [0.717, 1.165) is 103 Å². The summed E-state index contributed by atoms with van der Waals surface area (Å²) in [4.78, 5) is 9.22. The average molecular weight is 1240 g/mol. The van der Waals surface area contributed by atoms with Crippen LogP contribution >= 0.6 is 22.6 Å². The van der Waals surface area contributed by atoms with Crippen molar-refractivity contribution in [2.75, 3.05) is 13.2 Å². The number of ether oxygens (including phenoxy) is 1. The lowest BCUT2D eigenvalue weighted by Gasteiger charge is -2.44. The van der Waals surface area contributed by atoms with E-state index in [4.69, 9.17) is 27.4 Å². The Morgan fingerprint density at radius 3 is 1.23 bits per heavy atom. The summed E-state index contributed by atoms with van der Waals surface area (Å²) < 4.78 is 33.2. The Morgan fingerprint density at radius 1 is 0.494 bits per heavy atom. The van der Waals surface area contributed by atoms with Gasteiger partial charge < -0.3 is 27.5 Å². The number of hydrogen-bond donors (Lipinski definition) is 1. The maximum absolute atomic E-state index is 10.1. The molecular weight excluding hydrogens is 1150 g/mol. The number of oxazole rings is 2. The van der Waals surface area contributed by atoms with Gasteiger partial charge in [-0.15, -0.1) is 0 Å². The number of halogens is 1. The molecule has 0 radical (unpaired) electrons. The first-order chi connectivity index (χ1) is 38.9. The van der Waals surface area contributed by atoms with Crippen LogP contribution in [0.1, 0.15) is 127 Å². The highest BCUT2D eigenvalue weighted by atomic mass is 127. The first-order valence-electron chi connectivity index (χ1n) is 29.3. The number of aryl methyl sites for hydroxylation is 4. The van der Waals surface area contributed by atoms with Crippen molar-refractivity contribution in [1.29, 1.82) is 0 Å². The Morgan fingerprint density at radius 2 is 0.864 bits per heavy atom. The number of alkyl halides is 1. The van der Waals surface area contributed by atoms with Crippen molar-refractivity contribution < 1.29 is 27.5 Å². The Bertz CT molecular complexity index is 3060. The molecule has 2 aliphatic rings. The van der Waals surface area contributed by atoms with Crippen molar-refractivity contribution in [1.82, 2.24) is 9.97 Å². The van der Waals surface area contributed by atoms with Crippen LogP contribution in [-0.4, -0.2) is 57.1 Å². The Balaban J connectivity index is 0.000000178. The molecule has 0 saturated heterocycles. The lowest BCUT2D eigenvalue weighted by Crippen LogP contribution is -2.67. The lowest BCUT2D eigenvalue weighted by molar-refractivity contribution is -0.00655. The van der Waals surface area contributed by atoms with E-state index >= 15 is 0 Å². The minimum absolute atomic E-state index is 0.0140. The lowest BCUT2D eigenvalue weighted by atomic mass is 9.88. The van der Waals surface area contributed by atoms with Gasteiger partial charge in [0.15, 0.2) is 0 Å². The highest BCUT2D eigenvalue weighted by Crippen LogP contribution is 2.40. The summed E-state index contributed by atoms with van der Waals surface area (Å²) in [5.41, 5.74) is 6.43. The molecule has 0 bridgehead atoms. The van der Waals surface area contributed by atoms with Gasteiger partial charge in [0, 0.05) is 28.8 Å². The molecule has 2 saturated carbocycles. The van der Waals surface area contributed by atoms with Crippen molar-refractivity contribution in [2.24, 2.45) is 11.8 Å². The van der Waals surface area contributed by atoms with E-state index < -0.39 is 16.6 Å². The average Bonchev–Trinajstić information content (AvgIpc) is 4.12. The van der Waals surface area contributed by atoms with Crippen LogP contribution in [0.5, 0.6) is 0 Å². The number of nitrogens with zero attached hydrogens (tertiary/aromatic N) is 2. The monoisotopic (exact) mass is 1230 g/mol. The standard InChI is InChI=1S/C35H43NO3Si.C23H32O2Si.C12H12INO/c1-26-19-21-29(22-20-26)34-36-33(27(2)39-34)25-37-30-14-12-13-28(23-30)24-38-40(35(3,4)5,31-15-8-6-9-16-31)32-17-10-7-11-18-32;1-23(2,3)26(21-13-6-4-7-14-21,22-15-8-5-9-16-22)25-18-19-11-10-12-20(24)17-19;1-8-3-5-10(6-4-8)12-14-11(7-13)9(2)15-12/h6-11,15-22,28,30H,12-14,23-25H2,1-5H3;4-9,13-16,19-20,24H,10-12,17-18H2,1-3H3;3-6H,7H2,1-2H3. The summed E-state index contributed by atoms with van der Waals surface area (Å²) in [6.07, 6.45) is 8.57. The van der Waals surface area contributed by atoms with Crippen LogP contribution < -0.4 is 20.7 Å². The molecule has 0 aliphatic heterocycles. The summed E-state index contributed by atoms with van der Waals surface area (Å²) in [6.45, 7) is 24.0. The zero-order valence-corrected chi connectivity index (χ0v) is 53.9. The summed E-state index contributed by atoms with van der Waals surface area (Å²) in [7, 11) is -4.97. The number of aliphatic hydroxyl groups is 1. The summed E-state index contributed by atoms with van der Waals surface area (Å²) in [5, 5.41) is 15.4. The highest BCUT2D eigenvalue weighted by Gasteiger charge is 2.52. The third kappa shape index (κ3) is 15.5. The molecule has 2 aliphatic carbocycles. The molecule has 1 N–H and O–H groups in total. The number of aliphatic hydroxyl groups excluding tert-OH is 1. The van der Waals surface area contributed by atoms with E-state index in [0.29, 0.717) is 24.3 Å². The minimum atomic E-state index is -2.53. The molecule has 0 amide bonds. The number of aromatic nitrogens is 2. The fraction of sp³-hybridized carbons (Fsp3) is 0.400. The van der Waals surface area contributed by atoms with E-state index in [1.807, 2.05) is 26.0 Å². The second kappa shape index (κ2) is 28.3. The third-order valence-corrected chi connectivity index (χ3v) is 27.1. The molecule has 6 aromatic carbocycles. The van der Waals surface area contributed by atoms with Crippen LogP contribution in [0, 0.1) is 39.5 Å². The number of hydrogen-bond acceptors (Lipinski definition) is 8. The van der Waals surface area contributed by atoms with Gasteiger partial charge in [-0.25, -0.2) is 9.97 Å². The second-order valence-electron chi connectivity index (χ2n) is 24.5. The predicted molar refractivity (Wildman–Crippen MR) is 346 cm³/mol. The quantitative estimate of drug-likeness (QED) is 0.0580. The zero-order valence-electron chi connectivity index (χ0n) is 49.7. The SMILES string of the molecule is CC(C)(C)[Si](OCC1CCCC(O)C1)(c1ccccc1)c1ccccc1.Cc1ccc(-c2nc(CI)c(C)o2)cc1.Cc1ccc(-c2nc(COC3CCCC(CO[Si](c4ccccc4)(c4ccccc4)C(C)(C)C)C3)c(C)o2)cc1. The second-order valence-corrected chi connectivity index (χ2v) is 33.9. The van der Waals surface area contributed by atoms with Gasteiger partial charge in [-0.3, -0.25) is 0 Å². The molecule has 10 rings (SSSR count). The smallest absolute Gasteiger partial charge is 0.261 e. The molecule has 11 heteroatoms. The van der Waals surface area contributed by atoms with E-state index in [2.05, 4.69) is 241 Å². The van der Waals surface area contributed by atoms with E-state index in [9.17, 15) is 5.11 Å². The topological polar surface area (TPSA) is 100.0 Å². The van der Waals surface area contributed by atoms with Crippen LogP contribution in [0.4, 0.5) is 0 Å². The van der Waals surface area contributed by atoms with Gasteiger partial charge in [-0.2, -0.15) is 0 Å². The summed E-state index contributed by atoms with van der Waals surface area (Å²) >= 11 is 2.29. The largest absolute Gasteiger partial charge is 0.441 e. The fourth-order valence-electron chi connectivity index (χ4n) is 11.9. The van der Waals surface area contributed by atoms with Gasteiger partial charge in [0.25, 0.3) is 16.6 Å².